The molecule has 2 nitrogen and oxygen atoms in total. The molecule has 1 heterocycles. The van der Waals surface area contributed by atoms with E-state index >= 15 is 0 Å². The van der Waals surface area contributed by atoms with Gasteiger partial charge in [0.25, 0.3) is 0 Å². The van der Waals surface area contributed by atoms with Crippen molar-refractivity contribution in [3.05, 3.63) is 0 Å². The van der Waals surface area contributed by atoms with Crippen LogP contribution in [0.5, 0.6) is 0 Å². The summed E-state index contributed by atoms with van der Waals surface area (Å²) in [6.45, 7) is 15.4. The van der Waals surface area contributed by atoms with Gasteiger partial charge in [0.05, 0.1) is 0 Å². The van der Waals surface area contributed by atoms with Crippen LogP contribution in [0, 0.1) is 11.8 Å². The lowest BCUT2D eigenvalue weighted by molar-refractivity contribution is 0.0997. The van der Waals surface area contributed by atoms with Gasteiger partial charge >= 0.3 is 0 Å². The molecular formula is C15H32N2. The average Bonchev–Trinajstić information content (AvgIpc) is 2.31. The Kier molecular flexibility index (Phi) is 6.50. The van der Waals surface area contributed by atoms with Crippen LogP contribution in [-0.4, -0.2) is 36.6 Å². The number of nitrogens with one attached hydrogen (secondary N) is 1. The van der Waals surface area contributed by atoms with Crippen molar-refractivity contribution in [1.29, 1.82) is 0 Å². The Morgan fingerprint density at radius 3 is 2.53 bits per heavy atom. The first-order chi connectivity index (χ1) is 8.08. The summed E-state index contributed by atoms with van der Waals surface area (Å²) in [5.74, 6) is 1.66. The first-order valence-electron chi connectivity index (χ1n) is 7.55. The van der Waals surface area contributed by atoms with Crippen molar-refractivity contribution in [2.45, 2.75) is 66.0 Å². The first kappa shape index (κ1) is 15.0. The van der Waals surface area contributed by atoms with E-state index in [4.69, 9.17) is 0 Å². The third kappa shape index (κ3) is 4.59. The van der Waals surface area contributed by atoms with E-state index < -0.39 is 0 Å². The van der Waals surface area contributed by atoms with Gasteiger partial charge in [-0.05, 0) is 44.7 Å². The summed E-state index contributed by atoms with van der Waals surface area (Å²) in [6, 6.07) is 1.50. The predicted molar refractivity (Wildman–Crippen MR) is 76.4 cm³/mol. The van der Waals surface area contributed by atoms with Gasteiger partial charge in [0.2, 0.25) is 0 Å². The second kappa shape index (κ2) is 7.38. The summed E-state index contributed by atoms with van der Waals surface area (Å²) < 4.78 is 0. The van der Waals surface area contributed by atoms with Crippen LogP contribution in [0.4, 0.5) is 0 Å². The van der Waals surface area contributed by atoms with Crippen molar-refractivity contribution < 1.29 is 0 Å². The highest BCUT2D eigenvalue weighted by molar-refractivity contribution is 4.85. The van der Waals surface area contributed by atoms with E-state index in [9.17, 15) is 0 Å². The molecule has 1 aliphatic rings. The fourth-order valence-corrected chi connectivity index (χ4v) is 3.04. The van der Waals surface area contributed by atoms with Crippen molar-refractivity contribution >= 4 is 0 Å². The summed E-state index contributed by atoms with van der Waals surface area (Å²) in [4.78, 5) is 2.70. The van der Waals surface area contributed by atoms with Crippen molar-refractivity contribution in [2.75, 3.05) is 19.6 Å². The van der Waals surface area contributed by atoms with Gasteiger partial charge in [-0.2, -0.15) is 0 Å². The Morgan fingerprint density at radius 1 is 1.29 bits per heavy atom. The van der Waals surface area contributed by atoms with E-state index in [2.05, 4.69) is 44.8 Å². The van der Waals surface area contributed by atoms with Crippen molar-refractivity contribution in [1.82, 2.24) is 10.2 Å². The normalized spacial score (nSPS) is 30.2. The number of nitrogens with zero attached hydrogens (tertiary/aromatic N) is 1. The molecule has 1 rings (SSSR count). The molecule has 0 spiro atoms. The van der Waals surface area contributed by atoms with Crippen LogP contribution in [0.15, 0.2) is 0 Å². The standard InChI is InChI=1S/C15H32N2/c1-6-12(3)10-14(5)17-9-8-15(16-7-2)13(4)11-17/h12-16H,6-11H2,1-5H3. The minimum atomic E-state index is 0.743. The summed E-state index contributed by atoms with van der Waals surface area (Å²) in [6.07, 6.45) is 3.99. The predicted octanol–water partition coefficient (Wildman–Crippen LogP) is 3.13. The zero-order valence-corrected chi connectivity index (χ0v) is 12.5. The van der Waals surface area contributed by atoms with E-state index in [1.807, 2.05) is 0 Å². The van der Waals surface area contributed by atoms with Gasteiger partial charge < -0.3 is 10.2 Å². The highest BCUT2D eigenvalue weighted by Gasteiger charge is 2.27. The van der Waals surface area contributed by atoms with Gasteiger partial charge in [-0.15, -0.1) is 0 Å². The molecule has 0 radical (unpaired) electrons. The highest BCUT2D eigenvalue weighted by Crippen LogP contribution is 2.22. The molecule has 0 aromatic carbocycles. The first-order valence-corrected chi connectivity index (χ1v) is 7.55. The van der Waals surface area contributed by atoms with Crippen LogP contribution >= 0.6 is 0 Å². The maximum absolute atomic E-state index is 3.62. The molecule has 0 amide bonds. The molecule has 1 aliphatic heterocycles. The third-order valence-electron chi connectivity index (χ3n) is 4.47. The van der Waals surface area contributed by atoms with Gasteiger partial charge in [-0.1, -0.05) is 34.1 Å². The van der Waals surface area contributed by atoms with E-state index in [1.54, 1.807) is 0 Å². The minimum absolute atomic E-state index is 0.743. The molecule has 4 atom stereocenters. The van der Waals surface area contributed by atoms with Gasteiger partial charge in [0, 0.05) is 18.6 Å². The van der Waals surface area contributed by atoms with Gasteiger partial charge in [0.15, 0.2) is 0 Å². The Balaban J connectivity index is 2.37. The van der Waals surface area contributed by atoms with Gasteiger partial charge in [-0.3, -0.25) is 0 Å². The monoisotopic (exact) mass is 240 g/mol. The topological polar surface area (TPSA) is 15.3 Å². The van der Waals surface area contributed by atoms with Crippen molar-refractivity contribution in [2.24, 2.45) is 11.8 Å². The molecule has 1 saturated heterocycles. The molecule has 1 fully saturated rings. The molecule has 0 aliphatic carbocycles. The maximum atomic E-state index is 3.62. The van der Waals surface area contributed by atoms with Crippen LogP contribution in [0.2, 0.25) is 0 Å². The van der Waals surface area contributed by atoms with Crippen LogP contribution in [0.1, 0.15) is 53.9 Å². The molecule has 0 aromatic rings. The van der Waals surface area contributed by atoms with Crippen LogP contribution in [0.3, 0.4) is 0 Å². The van der Waals surface area contributed by atoms with Crippen LogP contribution in [-0.2, 0) is 0 Å². The molecular weight excluding hydrogens is 208 g/mol. The molecule has 4 unspecified atom stereocenters. The number of rotatable bonds is 6. The second-order valence-corrected chi connectivity index (χ2v) is 6.02. The molecule has 102 valence electrons. The van der Waals surface area contributed by atoms with Gasteiger partial charge in [-0.25, -0.2) is 0 Å². The van der Waals surface area contributed by atoms with Crippen molar-refractivity contribution in [3.63, 3.8) is 0 Å². The number of likely N-dealkylation sites (tertiary alicyclic amines) is 1. The fraction of sp³-hybridized carbons (Fsp3) is 1.00. The summed E-state index contributed by atoms with van der Waals surface area (Å²) in [5, 5.41) is 3.62. The number of hydrogen-bond acceptors (Lipinski definition) is 2. The molecule has 0 saturated carbocycles. The van der Waals surface area contributed by atoms with Crippen LogP contribution < -0.4 is 5.32 Å². The summed E-state index contributed by atoms with van der Waals surface area (Å²) >= 11 is 0. The van der Waals surface area contributed by atoms with E-state index in [-0.39, 0.29) is 0 Å². The minimum Gasteiger partial charge on any atom is -0.314 e. The van der Waals surface area contributed by atoms with E-state index in [0.29, 0.717) is 0 Å². The number of piperidine rings is 1. The molecule has 0 aromatic heterocycles. The lowest BCUT2D eigenvalue weighted by Crippen LogP contribution is -2.51. The molecule has 0 bridgehead atoms. The Labute approximate surface area is 108 Å². The summed E-state index contributed by atoms with van der Waals surface area (Å²) in [5.41, 5.74) is 0. The lowest BCUT2D eigenvalue weighted by atomic mass is 9.91. The quantitative estimate of drug-likeness (QED) is 0.767. The largest absolute Gasteiger partial charge is 0.314 e. The SMILES string of the molecule is CCNC1CCN(C(C)CC(C)CC)CC1C. The van der Waals surface area contributed by atoms with Gasteiger partial charge in [0.1, 0.15) is 0 Å². The lowest BCUT2D eigenvalue weighted by Gasteiger charge is -2.41. The average molecular weight is 240 g/mol. The Bertz CT molecular complexity index is 205. The molecule has 17 heavy (non-hydrogen) atoms. The zero-order valence-electron chi connectivity index (χ0n) is 12.5. The van der Waals surface area contributed by atoms with Crippen molar-refractivity contribution in [3.8, 4) is 0 Å². The zero-order chi connectivity index (χ0) is 12.8. The second-order valence-electron chi connectivity index (χ2n) is 6.02. The van der Waals surface area contributed by atoms with E-state index in [0.717, 1.165) is 30.5 Å². The van der Waals surface area contributed by atoms with E-state index in [1.165, 1.54) is 32.4 Å². The van der Waals surface area contributed by atoms with Crippen LogP contribution in [0.25, 0.3) is 0 Å². The smallest absolute Gasteiger partial charge is 0.0117 e. The fourth-order valence-electron chi connectivity index (χ4n) is 3.04. The highest BCUT2D eigenvalue weighted by atomic mass is 15.2. The summed E-state index contributed by atoms with van der Waals surface area (Å²) in [7, 11) is 0. The Hall–Kier alpha value is -0.0800. The molecule has 2 heteroatoms. The maximum Gasteiger partial charge on any atom is 0.0117 e. The number of hydrogen-bond donors (Lipinski definition) is 1. The molecule has 1 N–H and O–H groups in total. The third-order valence-corrected chi connectivity index (χ3v) is 4.47. The Morgan fingerprint density at radius 2 is 2.00 bits per heavy atom.